The van der Waals surface area contributed by atoms with Crippen LogP contribution in [0.4, 0.5) is 0 Å². The third-order valence-corrected chi connectivity index (χ3v) is 5.05. The van der Waals surface area contributed by atoms with Crippen LogP contribution in [0.2, 0.25) is 10.0 Å². The standard InChI is InChI=1S/C26H22Cl2N2O2/c27-23-11-5-19(6-12-23)9-15-25(31)29-17-21-1-2-22(4-3-21)18-30-26(32)16-10-20-7-13-24(28)14-8-20/h1-16H,17-18H2,(H,29,31)(H,30,32). The molecule has 0 heterocycles. The zero-order valence-corrected chi connectivity index (χ0v) is 18.7. The first kappa shape index (κ1) is 23.3. The number of hydrogen-bond acceptors (Lipinski definition) is 2. The van der Waals surface area contributed by atoms with Crippen LogP contribution >= 0.6 is 23.2 Å². The van der Waals surface area contributed by atoms with Gasteiger partial charge in [0.2, 0.25) is 11.8 Å². The highest BCUT2D eigenvalue weighted by Crippen LogP contribution is 2.11. The van der Waals surface area contributed by atoms with Crippen molar-refractivity contribution in [2.75, 3.05) is 0 Å². The van der Waals surface area contributed by atoms with Crippen molar-refractivity contribution < 1.29 is 9.59 Å². The SMILES string of the molecule is O=C(C=Cc1ccc(Cl)cc1)NCc1ccc(CNC(=O)C=Cc2ccc(Cl)cc2)cc1. The molecule has 0 bridgehead atoms. The van der Waals surface area contributed by atoms with E-state index in [-0.39, 0.29) is 11.8 Å². The highest BCUT2D eigenvalue weighted by molar-refractivity contribution is 6.30. The maximum Gasteiger partial charge on any atom is 0.244 e. The van der Waals surface area contributed by atoms with Crippen molar-refractivity contribution in [3.05, 3.63) is 117 Å². The molecule has 0 saturated carbocycles. The second-order valence-corrected chi connectivity index (χ2v) is 7.89. The van der Waals surface area contributed by atoms with E-state index in [0.717, 1.165) is 22.3 Å². The Morgan fingerprint density at radius 2 is 0.938 bits per heavy atom. The molecule has 0 saturated heterocycles. The van der Waals surface area contributed by atoms with Gasteiger partial charge in [-0.1, -0.05) is 71.7 Å². The van der Waals surface area contributed by atoms with Crippen LogP contribution in [0.15, 0.2) is 84.9 Å². The molecule has 0 fully saturated rings. The molecule has 4 nitrogen and oxygen atoms in total. The van der Waals surface area contributed by atoms with Gasteiger partial charge < -0.3 is 10.6 Å². The van der Waals surface area contributed by atoms with Crippen molar-refractivity contribution in [2.45, 2.75) is 13.1 Å². The van der Waals surface area contributed by atoms with Crippen LogP contribution in [0.25, 0.3) is 12.2 Å². The smallest absolute Gasteiger partial charge is 0.244 e. The third-order valence-electron chi connectivity index (χ3n) is 4.55. The van der Waals surface area contributed by atoms with Gasteiger partial charge in [0, 0.05) is 35.3 Å². The van der Waals surface area contributed by atoms with Crippen LogP contribution in [-0.2, 0) is 22.7 Å². The molecule has 162 valence electrons. The molecule has 6 heteroatoms. The maximum absolute atomic E-state index is 12.0. The van der Waals surface area contributed by atoms with Crippen molar-refractivity contribution >= 4 is 47.2 Å². The van der Waals surface area contributed by atoms with E-state index in [4.69, 9.17) is 23.2 Å². The van der Waals surface area contributed by atoms with Gasteiger partial charge in [0.05, 0.1) is 0 Å². The fourth-order valence-corrected chi connectivity index (χ4v) is 3.01. The highest BCUT2D eigenvalue weighted by Gasteiger charge is 2.00. The lowest BCUT2D eigenvalue weighted by Crippen LogP contribution is -2.21. The minimum absolute atomic E-state index is 0.177. The quantitative estimate of drug-likeness (QED) is 0.423. The molecule has 0 aliphatic heterocycles. The van der Waals surface area contributed by atoms with Gasteiger partial charge in [0.1, 0.15) is 0 Å². The third kappa shape index (κ3) is 8.06. The number of hydrogen-bond donors (Lipinski definition) is 2. The molecule has 3 aromatic carbocycles. The van der Waals surface area contributed by atoms with Gasteiger partial charge in [-0.25, -0.2) is 0 Å². The Hall–Kier alpha value is -3.34. The van der Waals surface area contributed by atoms with E-state index in [1.165, 1.54) is 12.2 Å². The van der Waals surface area contributed by atoms with E-state index in [2.05, 4.69) is 10.6 Å². The van der Waals surface area contributed by atoms with E-state index in [1.54, 1.807) is 36.4 Å². The summed E-state index contributed by atoms with van der Waals surface area (Å²) in [6, 6.07) is 22.2. The first-order chi connectivity index (χ1) is 15.5. The van der Waals surface area contributed by atoms with Gasteiger partial charge in [-0.3, -0.25) is 9.59 Å². The zero-order valence-electron chi connectivity index (χ0n) is 17.2. The lowest BCUT2D eigenvalue weighted by molar-refractivity contribution is -0.117. The molecular formula is C26H22Cl2N2O2. The number of halogens is 2. The van der Waals surface area contributed by atoms with Crippen molar-refractivity contribution in [1.29, 1.82) is 0 Å². The Kier molecular flexibility index (Phi) is 8.67. The monoisotopic (exact) mass is 464 g/mol. The summed E-state index contributed by atoms with van der Waals surface area (Å²) in [5, 5.41) is 7.01. The normalized spacial score (nSPS) is 11.1. The van der Waals surface area contributed by atoms with Gasteiger partial charge in [-0.2, -0.15) is 0 Å². The van der Waals surface area contributed by atoms with Crippen LogP contribution in [0, 0.1) is 0 Å². The Balaban J connectivity index is 1.41. The summed E-state index contributed by atoms with van der Waals surface area (Å²) < 4.78 is 0. The summed E-state index contributed by atoms with van der Waals surface area (Å²) >= 11 is 11.7. The summed E-state index contributed by atoms with van der Waals surface area (Å²) in [4.78, 5) is 24.0. The number of carbonyl (C=O) groups is 2. The second-order valence-electron chi connectivity index (χ2n) is 7.02. The van der Waals surface area contributed by atoms with Crippen molar-refractivity contribution in [1.82, 2.24) is 10.6 Å². The van der Waals surface area contributed by atoms with Gasteiger partial charge in [-0.05, 0) is 58.7 Å². The average Bonchev–Trinajstić information content (AvgIpc) is 2.81. The van der Waals surface area contributed by atoms with Gasteiger partial charge in [0.25, 0.3) is 0 Å². The number of amides is 2. The lowest BCUT2D eigenvalue weighted by atomic mass is 10.1. The Bertz CT molecular complexity index is 1010. The van der Waals surface area contributed by atoms with Crippen molar-refractivity contribution in [3.8, 4) is 0 Å². The van der Waals surface area contributed by atoms with Gasteiger partial charge in [0.15, 0.2) is 0 Å². The summed E-state index contributed by atoms with van der Waals surface area (Å²) in [6.07, 6.45) is 6.45. The van der Waals surface area contributed by atoms with Crippen LogP contribution in [0.1, 0.15) is 22.3 Å². The molecule has 0 radical (unpaired) electrons. The second kappa shape index (κ2) is 11.9. The molecule has 0 aromatic heterocycles. The minimum Gasteiger partial charge on any atom is -0.348 e. The number of benzene rings is 3. The summed E-state index contributed by atoms with van der Waals surface area (Å²) in [6.45, 7) is 0.834. The molecule has 0 atom stereocenters. The van der Waals surface area contributed by atoms with Gasteiger partial charge >= 0.3 is 0 Å². The van der Waals surface area contributed by atoms with E-state index in [9.17, 15) is 9.59 Å². The van der Waals surface area contributed by atoms with E-state index in [1.807, 2.05) is 48.5 Å². The van der Waals surface area contributed by atoms with Crippen LogP contribution < -0.4 is 10.6 Å². The van der Waals surface area contributed by atoms with E-state index >= 15 is 0 Å². The molecular weight excluding hydrogens is 443 g/mol. The summed E-state index contributed by atoms with van der Waals surface area (Å²) in [5.74, 6) is -0.354. The number of rotatable bonds is 8. The summed E-state index contributed by atoms with van der Waals surface area (Å²) in [7, 11) is 0. The first-order valence-electron chi connectivity index (χ1n) is 9.99. The molecule has 32 heavy (non-hydrogen) atoms. The molecule has 0 aliphatic rings. The Labute approximate surface area is 197 Å². The van der Waals surface area contributed by atoms with E-state index < -0.39 is 0 Å². The van der Waals surface area contributed by atoms with Crippen molar-refractivity contribution in [2.24, 2.45) is 0 Å². The summed E-state index contributed by atoms with van der Waals surface area (Å²) in [5.41, 5.74) is 3.74. The first-order valence-corrected chi connectivity index (χ1v) is 10.7. The minimum atomic E-state index is -0.177. The molecule has 3 rings (SSSR count). The highest BCUT2D eigenvalue weighted by atomic mass is 35.5. The topological polar surface area (TPSA) is 58.2 Å². The largest absolute Gasteiger partial charge is 0.348 e. The number of nitrogens with one attached hydrogen (secondary N) is 2. The Morgan fingerprint density at radius 1 is 0.594 bits per heavy atom. The van der Waals surface area contributed by atoms with Gasteiger partial charge in [-0.15, -0.1) is 0 Å². The van der Waals surface area contributed by atoms with Crippen molar-refractivity contribution in [3.63, 3.8) is 0 Å². The maximum atomic E-state index is 12.0. The van der Waals surface area contributed by atoms with Crippen LogP contribution in [-0.4, -0.2) is 11.8 Å². The van der Waals surface area contributed by atoms with Crippen LogP contribution in [0.3, 0.4) is 0 Å². The van der Waals surface area contributed by atoms with E-state index in [0.29, 0.717) is 23.1 Å². The molecule has 0 unspecified atom stereocenters. The average molecular weight is 465 g/mol. The molecule has 0 aliphatic carbocycles. The fraction of sp³-hybridized carbons (Fsp3) is 0.0769. The molecule has 2 amide bonds. The zero-order chi connectivity index (χ0) is 22.8. The molecule has 2 N–H and O–H groups in total. The predicted octanol–water partition coefficient (Wildman–Crippen LogP) is 5.65. The number of carbonyl (C=O) groups excluding carboxylic acids is 2. The molecule has 0 spiro atoms. The predicted molar refractivity (Wildman–Crippen MR) is 131 cm³/mol. The molecule has 3 aromatic rings. The van der Waals surface area contributed by atoms with Crippen LogP contribution in [0.5, 0.6) is 0 Å². The Morgan fingerprint density at radius 3 is 1.28 bits per heavy atom. The lowest BCUT2D eigenvalue weighted by Gasteiger charge is -2.06. The fourth-order valence-electron chi connectivity index (χ4n) is 2.76.